The first kappa shape index (κ1) is 15.8. The zero-order chi connectivity index (χ0) is 15.9. The van der Waals surface area contributed by atoms with Gasteiger partial charge in [0.1, 0.15) is 11.5 Å². The van der Waals surface area contributed by atoms with E-state index in [-0.39, 0.29) is 11.9 Å². The fourth-order valence-electron chi connectivity index (χ4n) is 2.04. The molecule has 0 fully saturated rings. The van der Waals surface area contributed by atoms with Crippen LogP contribution in [0.15, 0.2) is 54.6 Å². The first-order valence-electron chi connectivity index (χ1n) is 7.22. The fraction of sp³-hybridized carbons (Fsp3) is 0.211. The van der Waals surface area contributed by atoms with Gasteiger partial charge in [0.25, 0.3) is 0 Å². The average Bonchev–Trinajstić information content (AvgIpc) is 2.53. The summed E-state index contributed by atoms with van der Waals surface area (Å²) in [6, 6.07) is 14.8. The van der Waals surface area contributed by atoms with E-state index in [1.165, 1.54) is 0 Å². The lowest BCUT2D eigenvalue weighted by Gasteiger charge is -2.09. The molecule has 0 aliphatic carbocycles. The van der Waals surface area contributed by atoms with Crippen molar-refractivity contribution in [3.8, 4) is 11.5 Å². The van der Waals surface area contributed by atoms with Crippen molar-refractivity contribution in [2.75, 3.05) is 7.11 Å². The molecule has 0 aliphatic heterocycles. The maximum Gasteiger partial charge on any atom is 0.189 e. The molecule has 0 N–H and O–H groups in total. The predicted octanol–water partition coefficient (Wildman–Crippen LogP) is 4.38. The minimum Gasteiger partial charge on any atom is -0.496 e. The second-order valence-electron chi connectivity index (χ2n) is 5.13. The van der Waals surface area contributed by atoms with Gasteiger partial charge in [0.2, 0.25) is 0 Å². The molecule has 0 unspecified atom stereocenters. The highest BCUT2D eigenvalue weighted by Gasteiger charge is 2.07. The van der Waals surface area contributed by atoms with Crippen molar-refractivity contribution in [1.82, 2.24) is 0 Å². The lowest BCUT2D eigenvalue weighted by atomic mass is 10.1. The summed E-state index contributed by atoms with van der Waals surface area (Å²) in [5, 5.41) is 0. The number of ketones is 1. The van der Waals surface area contributed by atoms with Gasteiger partial charge in [-0.1, -0.05) is 30.3 Å². The minimum atomic E-state index is -0.0834. The van der Waals surface area contributed by atoms with Crippen LogP contribution in [0.2, 0.25) is 0 Å². The maximum absolute atomic E-state index is 12.2. The zero-order valence-electron chi connectivity index (χ0n) is 13.1. The van der Waals surface area contributed by atoms with Crippen molar-refractivity contribution in [1.29, 1.82) is 0 Å². The zero-order valence-corrected chi connectivity index (χ0v) is 13.1. The molecule has 2 aromatic rings. The number of benzene rings is 2. The smallest absolute Gasteiger partial charge is 0.189 e. The van der Waals surface area contributed by atoms with Crippen LogP contribution in [-0.4, -0.2) is 19.0 Å². The van der Waals surface area contributed by atoms with Gasteiger partial charge in [0.15, 0.2) is 5.78 Å². The SMILES string of the molecule is COc1ccccc1C(=O)/C=C/c1ccc(OC(C)C)cc1. The molecule has 0 atom stereocenters. The molecule has 0 radical (unpaired) electrons. The van der Waals surface area contributed by atoms with Gasteiger partial charge in [-0.05, 0) is 49.8 Å². The van der Waals surface area contributed by atoms with Gasteiger partial charge in [0.05, 0.1) is 18.8 Å². The van der Waals surface area contributed by atoms with Gasteiger partial charge in [-0.25, -0.2) is 0 Å². The lowest BCUT2D eigenvalue weighted by Crippen LogP contribution is -2.05. The quantitative estimate of drug-likeness (QED) is 0.586. The summed E-state index contributed by atoms with van der Waals surface area (Å²) in [5.41, 5.74) is 1.50. The van der Waals surface area contributed by atoms with E-state index in [1.54, 1.807) is 31.4 Å². The number of hydrogen-bond donors (Lipinski definition) is 0. The standard InChI is InChI=1S/C19H20O3/c1-14(2)22-16-11-8-15(9-12-16)10-13-18(20)17-6-4-5-7-19(17)21-3/h4-14H,1-3H3/b13-10+. The van der Waals surface area contributed by atoms with Crippen LogP contribution < -0.4 is 9.47 Å². The number of para-hydroxylation sites is 1. The summed E-state index contributed by atoms with van der Waals surface area (Å²) in [5.74, 6) is 1.32. The molecule has 0 saturated heterocycles. The highest BCUT2D eigenvalue weighted by Crippen LogP contribution is 2.19. The van der Waals surface area contributed by atoms with Gasteiger partial charge < -0.3 is 9.47 Å². The Morgan fingerprint density at radius 1 is 1.05 bits per heavy atom. The summed E-state index contributed by atoms with van der Waals surface area (Å²) in [6.07, 6.45) is 3.48. The Balaban J connectivity index is 2.09. The van der Waals surface area contributed by atoms with Crippen LogP contribution in [-0.2, 0) is 0 Å². The molecule has 0 aliphatic rings. The molecular formula is C19H20O3. The number of allylic oxidation sites excluding steroid dienone is 1. The average molecular weight is 296 g/mol. The molecule has 0 bridgehead atoms. The second kappa shape index (κ2) is 7.46. The highest BCUT2D eigenvalue weighted by molar-refractivity contribution is 6.08. The Hall–Kier alpha value is -2.55. The van der Waals surface area contributed by atoms with Crippen molar-refractivity contribution >= 4 is 11.9 Å². The molecule has 0 heterocycles. The highest BCUT2D eigenvalue weighted by atomic mass is 16.5. The van der Waals surface area contributed by atoms with Crippen molar-refractivity contribution in [2.24, 2.45) is 0 Å². The summed E-state index contributed by atoms with van der Waals surface area (Å²) in [4.78, 5) is 12.2. The number of ether oxygens (including phenoxy) is 2. The fourth-order valence-corrected chi connectivity index (χ4v) is 2.04. The van der Waals surface area contributed by atoms with Crippen LogP contribution in [0.5, 0.6) is 11.5 Å². The van der Waals surface area contributed by atoms with Crippen molar-refractivity contribution < 1.29 is 14.3 Å². The van der Waals surface area contributed by atoms with Crippen molar-refractivity contribution in [3.05, 3.63) is 65.7 Å². The molecule has 2 aromatic carbocycles. The normalized spacial score (nSPS) is 10.9. The summed E-state index contributed by atoms with van der Waals surface area (Å²) in [7, 11) is 1.56. The van der Waals surface area contributed by atoms with Crippen molar-refractivity contribution in [2.45, 2.75) is 20.0 Å². The molecule has 3 heteroatoms. The maximum atomic E-state index is 12.2. The molecule has 0 amide bonds. The van der Waals surface area contributed by atoms with Gasteiger partial charge in [-0.2, -0.15) is 0 Å². The Bertz CT molecular complexity index is 655. The Labute approximate surface area is 131 Å². The molecule has 2 rings (SSSR count). The predicted molar refractivity (Wildman–Crippen MR) is 88.6 cm³/mol. The van der Waals surface area contributed by atoms with Gasteiger partial charge >= 0.3 is 0 Å². The van der Waals surface area contributed by atoms with Crippen LogP contribution in [0.25, 0.3) is 6.08 Å². The van der Waals surface area contributed by atoms with E-state index in [2.05, 4.69) is 0 Å². The van der Waals surface area contributed by atoms with Gasteiger partial charge in [0, 0.05) is 0 Å². The minimum absolute atomic E-state index is 0.0834. The topological polar surface area (TPSA) is 35.5 Å². The summed E-state index contributed by atoms with van der Waals surface area (Å²) >= 11 is 0. The first-order valence-corrected chi connectivity index (χ1v) is 7.22. The van der Waals surface area contributed by atoms with Gasteiger partial charge in [-0.3, -0.25) is 4.79 Å². The number of methoxy groups -OCH3 is 1. The molecule has 22 heavy (non-hydrogen) atoms. The van der Waals surface area contributed by atoms with E-state index in [0.29, 0.717) is 11.3 Å². The van der Waals surface area contributed by atoms with Crippen molar-refractivity contribution in [3.63, 3.8) is 0 Å². The van der Waals surface area contributed by atoms with Crippen LogP contribution in [0, 0.1) is 0 Å². The Kier molecular flexibility index (Phi) is 5.37. The summed E-state index contributed by atoms with van der Waals surface area (Å²) in [6.45, 7) is 3.97. The van der Waals surface area contributed by atoms with Crippen LogP contribution in [0.1, 0.15) is 29.8 Å². The third-order valence-corrected chi connectivity index (χ3v) is 3.05. The first-order chi connectivity index (χ1) is 10.6. The lowest BCUT2D eigenvalue weighted by molar-refractivity contribution is 0.104. The third kappa shape index (κ3) is 4.22. The second-order valence-corrected chi connectivity index (χ2v) is 5.13. The molecule has 0 aromatic heterocycles. The molecule has 0 spiro atoms. The number of rotatable bonds is 6. The number of carbonyl (C=O) groups is 1. The third-order valence-electron chi connectivity index (χ3n) is 3.05. The largest absolute Gasteiger partial charge is 0.496 e. The van der Waals surface area contributed by atoms with E-state index in [9.17, 15) is 4.79 Å². The molecule has 0 saturated carbocycles. The number of carbonyl (C=O) groups excluding carboxylic acids is 1. The van der Waals surface area contributed by atoms with E-state index in [1.807, 2.05) is 50.2 Å². The molecule has 114 valence electrons. The summed E-state index contributed by atoms with van der Waals surface area (Å²) < 4.78 is 10.8. The van der Waals surface area contributed by atoms with E-state index >= 15 is 0 Å². The van der Waals surface area contributed by atoms with Gasteiger partial charge in [-0.15, -0.1) is 0 Å². The van der Waals surface area contributed by atoms with Crippen LogP contribution in [0.4, 0.5) is 0 Å². The van der Waals surface area contributed by atoms with Crippen LogP contribution >= 0.6 is 0 Å². The number of hydrogen-bond acceptors (Lipinski definition) is 3. The molecular weight excluding hydrogens is 276 g/mol. The Morgan fingerprint density at radius 3 is 2.36 bits per heavy atom. The van der Waals surface area contributed by atoms with Crippen LogP contribution in [0.3, 0.4) is 0 Å². The monoisotopic (exact) mass is 296 g/mol. The Morgan fingerprint density at radius 2 is 1.73 bits per heavy atom. The van der Waals surface area contributed by atoms with E-state index in [4.69, 9.17) is 9.47 Å². The van der Waals surface area contributed by atoms with E-state index < -0.39 is 0 Å². The molecule has 3 nitrogen and oxygen atoms in total. The van der Waals surface area contributed by atoms with E-state index in [0.717, 1.165) is 11.3 Å².